The first kappa shape index (κ1) is 34.8. The molecule has 2 rings (SSSR count). The Kier molecular flexibility index (Phi) is 10.8. The van der Waals surface area contributed by atoms with E-state index in [1.165, 1.54) is 0 Å². The molecule has 2 atom stereocenters. The summed E-state index contributed by atoms with van der Waals surface area (Å²) >= 11 is -4.17. The third-order valence-corrected chi connectivity index (χ3v) is 10.1. The van der Waals surface area contributed by atoms with Crippen molar-refractivity contribution in [1.29, 1.82) is 0 Å². The molecule has 12 heteroatoms. The second-order valence-corrected chi connectivity index (χ2v) is 15.7. The summed E-state index contributed by atoms with van der Waals surface area (Å²) in [5.41, 5.74) is -3.41. The van der Waals surface area contributed by atoms with Gasteiger partial charge in [0.25, 0.3) is 0 Å². The molecule has 40 heavy (non-hydrogen) atoms. The Balaban J connectivity index is 2.42. The third kappa shape index (κ3) is 8.10. The minimum atomic E-state index is -2.08. The average molecular weight is 605 g/mol. The van der Waals surface area contributed by atoms with Crippen LogP contribution in [0, 0.1) is 5.41 Å². The van der Waals surface area contributed by atoms with E-state index in [-0.39, 0.29) is 32.1 Å². The van der Waals surface area contributed by atoms with E-state index in [1.807, 2.05) is 55.4 Å². The highest BCUT2D eigenvalue weighted by molar-refractivity contribution is 7.83. The van der Waals surface area contributed by atoms with Gasteiger partial charge in [-0.3, -0.25) is 19.4 Å². The van der Waals surface area contributed by atoms with Crippen molar-refractivity contribution >= 4 is 34.1 Å². The second-order valence-electron chi connectivity index (χ2n) is 13.6. The van der Waals surface area contributed by atoms with E-state index >= 15 is 0 Å². The fraction of sp³-hybridized carbons (Fsp3) is 0.786. The maximum atomic E-state index is 13.0. The van der Waals surface area contributed by atoms with Gasteiger partial charge in [0, 0.05) is 64.3 Å². The maximum absolute atomic E-state index is 13.0. The summed E-state index contributed by atoms with van der Waals surface area (Å²) in [6, 6.07) is 0. The zero-order valence-electron chi connectivity index (χ0n) is 25.2. The van der Waals surface area contributed by atoms with E-state index in [4.69, 9.17) is 0 Å². The van der Waals surface area contributed by atoms with Crippen molar-refractivity contribution in [3.63, 3.8) is 0 Å². The predicted octanol–water partition coefficient (Wildman–Crippen LogP) is 4.83. The van der Waals surface area contributed by atoms with Gasteiger partial charge in [-0.2, -0.15) is 0 Å². The van der Waals surface area contributed by atoms with Gasteiger partial charge in [-0.1, -0.05) is 12.2 Å². The molecule has 0 aromatic carbocycles. The largest absolute Gasteiger partial charge is 0.481 e. The summed E-state index contributed by atoms with van der Waals surface area (Å²) in [4.78, 5) is 29.6. The van der Waals surface area contributed by atoms with Crippen LogP contribution in [-0.4, -0.2) is 84.7 Å². The number of aliphatic carboxylic acids is 2. The first-order chi connectivity index (χ1) is 18.1. The van der Waals surface area contributed by atoms with Gasteiger partial charge in [-0.05, 0) is 81.1 Å². The molecule has 0 aliphatic carbocycles. The van der Waals surface area contributed by atoms with Crippen LogP contribution in [0.3, 0.4) is 0 Å². The maximum Gasteiger partial charge on any atom is 0.309 e. The molecule has 230 valence electrons. The molecule has 2 aliphatic heterocycles. The van der Waals surface area contributed by atoms with Gasteiger partial charge in [-0.15, -0.1) is 0 Å². The van der Waals surface area contributed by atoms with E-state index in [2.05, 4.69) is 9.80 Å². The van der Waals surface area contributed by atoms with Gasteiger partial charge < -0.3 is 19.3 Å². The Labute approximate surface area is 243 Å². The van der Waals surface area contributed by atoms with Gasteiger partial charge >= 0.3 is 11.9 Å². The van der Waals surface area contributed by atoms with E-state index in [0.29, 0.717) is 35.7 Å². The zero-order valence-corrected chi connectivity index (χ0v) is 26.8. The lowest BCUT2D eigenvalue weighted by Gasteiger charge is -2.53. The van der Waals surface area contributed by atoms with Crippen LogP contribution in [-0.2, 0) is 31.7 Å². The monoisotopic (exact) mass is 604 g/mol. The molecule has 0 aromatic rings. The van der Waals surface area contributed by atoms with Crippen LogP contribution in [0.1, 0.15) is 100 Å². The molecular formula is C28H48N2O8S2. The molecule has 0 bridgehead atoms. The van der Waals surface area contributed by atoms with Crippen molar-refractivity contribution in [3.8, 4) is 0 Å². The molecule has 0 aromatic heterocycles. The lowest BCUT2D eigenvalue weighted by molar-refractivity contribution is -0.153. The van der Waals surface area contributed by atoms with Crippen LogP contribution in [0.2, 0.25) is 0 Å². The molecule has 0 saturated heterocycles. The van der Waals surface area contributed by atoms with Gasteiger partial charge in [0.15, 0.2) is 22.2 Å². The van der Waals surface area contributed by atoms with Gasteiger partial charge in [-0.25, -0.2) is 8.42 Å². The summed E-state index contributed by atoms with van der Waals surface area (Å²) in [6.45, 7) is 16.5. The van der Waals surface area contributed by atoms with E-state index in [9.17, 15) is 37.3 Å². The summed E-state index contributed by atoms with van der Waals surface area (Å²) in [6.07, 6.45) is 5.16. The smallest absolute Gasteiger partial charge is 0.309 e. The molecule has 0 saturated carbocycles. The highest BCUT2D eigenvalue weighted by atomic mass is 32.2. The molecule has 2 heterocycles. The van der Waals surface area contributed by atoms with Crippen molar-refractivity contribution in [1.82, 2.24) is 9.80 Å². The van der Waals surface area contributed by atoms with Gasteiger partial charge in [0.1, 0.15) is 0 Å². The zero-order chi connectivity index (χ0) is 30.9. The highest BCUT2D eigenvalue weighted by Crippen LogP contribution is 2.44. The minimum absolute atomic E-state index is 0.126. The molecule has 2 aliphatic rings. The van der Waals surface area contributed by atoms with E-state index < -0.39 is 61.7 Å². The van der Waals surface area contributed by atoms with Crippen molar-refractivity contribution in [2.45, 2.75) is 122 Å². The number of hydrogen-bond acceptors (Lipinski definition) is 6. The Hall–Kier alpha value is -1.44. The number of hydrogen-bond donors (Lipinski definition) is 4. The highest BCUT2D eigenvalue weighted by Gasteiger charge is 2.47. The van der Waals surface area contributed by atoms with Crippen molar-refractivity contribution < 1.29 is 37.3 Å². The summed E-state index contributed by atoms with van der Waals surface area (Å²) in [7, 11) is 0. The number of carbonyl (C=O) groups is 2. The van der Waals surface area contributed by atoms with Crippen LogP contribution >= 0.6 is 0 Å². The van der Waals surface area contributed by atoms with Gasteiger partial charge in [0.2, 0.25) is 0 Å². The Morgan fingerprint density at radius 1 is 0.775 bits per heavy atom. The summed E-state index contributed by atoms with van der Waals surface area (Å²) < 4.78 is 43.2. The SMILES string of the molecule is CC1(C)C=C(S(=O)O)CC(C)(C)N1CCC(CCCC(=O)O)(CCN1C(C)(C)C=C(S(=O)O)CC1(C)C)C(=O)O. The standard InChI is InChI=1S/C28H48N2O8S2/c1-24(2)16-20(39(35)36)17-25(3,4)29(24)14-12-28(23(33)34,11-9-10-22(31)32)13-15-30-26(5,6)18-21(40(37)38)19-27(30,7)8/h16,18H,9-15,17,19H2,1-8H3,(H,31,32)(H,33,34)(H,35,36)(H,37,38). The predicted molar refractivity (Wildman–Crippen MR) is 157 cm³/mol. The molecule has 0 radical (unpaired) electrons. The molecular weight excluding hydrogens is 556 g/mol. The van der Waals surface area contributed by atoms with Crippen molar-refractivity contribution in [2.75, 3.05) is 13.1 Å². The fourth-order valence-electron chi connectivity index (χ4n) is 6.98. The first-order valence-electron chi connectivity index (χ1n) is 13.7. The topological polar surface area (TPSA) is 156 Å². The van der Waals surface area contributed by atoms with Crippen LogP contribution in [0.4, 0.5) is 0 Å². The van der Waals surface area contributed by atoms with Crippen LogP contribution in [0.15, 0.2) is 22.0 Å². The second kappa shape index (κ2) is 12.4. The van der Waals surface area contributed by atoms with Crippen LogP contribution < -0.4 is 0 Å². The lowest BCUT2D eigenvalue weighted by Crippen LogP contribution is -2.59. The fourth-order valence-corrected chi connectivity index (χ4v) is 8.71. The van der Waals surface area contributed by atoms with Crippen molar-refractivity contribution in [3.05, 3.63) is 22.0 Å². The third-order valence-electron chi connectivity index (χ3n) is 8.67. The van der Waals surface area contributed by atoms with E-state index in [0.717, 1.165) is 0 Å². The minimum Gasteiger partial charge on any atom is -0.481 e. The lowest BCUT2D eigenvalue weighted by atomic mass is 9.74. The quantitative estimate of drug-likeness (QED) is 0.215. The summed E-state index contributed by atoms with van der Waals surface area (Å²) in [5.74, 6) is -1.95. The average Bonchev–Trinajstić information content (AvgIpc) is 2.74. The number of carboxylic acids is 2. The molecule has 10 nitrogen and oxygen atoms in total. The Bertz CT molecular complexity index is 1030. The molecule has 4 N–H and O–H groups in total. The van der Waals surface area contributed by atoms with E-state index in [1.54, 1.807) is 12.2 Å². The number of nitrogens with zero attached hydrogens (tertiary/aromatic N) is 2. The van der Waals surface area contributed by atoms with Gasteiger partial charge in [0.05, 0.1) is 5.41 Å². The first-order valence-corrected chi connectivity index (χ1v) is 15.9. The molecule has 2 unspecified atom stereocenters. The Morgan fingerprint density at radius 2 is 1.15 bits per heavy atom. The van der Waals surface area contributed by atoms with Crippen LogP contribution in [0.25, 0.3) is 0 Å². The molecule has 0 fully saturated rings. The van der Waals surface area contributed by atoms with Crippen molar-refractivity contribution in [2.24, 2.45) is 5.41 Å². The summed E-state index contributed by atoms with van der Waals surface area (Å²) in [5, 5.41) is 19.9. The molecule has 0 amide bonds. The number of rotatable bonds is 13. The Morgan fingerprint density at radius 3 is 1.43 bits per heavy atom. The van der Waals surface area contributed by atoms with Crippen LogP contribution in [0.5, 0.6) is 0 Å². The molecule has 0 spiro atoms. The number of carboxylic acid groups (broad SMARTS) is 2. The normalized spacial score (nSPS) is 25.2.